The van der Waals surface area contributed by atoms with Crippen LogP contribution in [0.15, 0.2) is 60.7 Å². The maximum absolute atomic E-state index is 12.6. The van der Waals surface area contributed by atoms with E-state index in [1.807, 2.05) is 60.7 Å². The van der Waals surface area contributed by atoms with Crippen molar-refractivity contribution in [1.29, 1.82) is 0 Å². The Hall–Kier alpha value is -2.59. The van der Waals surface area contributed by atoms with Crippen LogP contribution in [-0.2, 0) is 10.2 Å². The van der Waals surface area contributed by atoms with Crippen LogP contribution >= 0.6 is 11.6 Å². The molecule has 1 fully saturated rings. The minimum absolute atomic E-state index is 0.0908. The van der Waals surface area contributed by atoms with Crippen LogP contribution in [0.25, 0.3) is 10.9 Å². The van der Waals surface area contributed by atoms with E-state index in [-0.39, 0.29) is 11.3 Å². The largest absolute Gasteiger partial charge is 0.368 e. The van der Waals surface area contributed by atoms with E-state index < -0.39 is 0 Å². The van der Waals surface area contributed by atoms with Gasteiger partial charge in [-0.05, 0) is 48.7 Å². The van der Waals surface area contributed by atoms with Crippen LogP contribution in [0.2, 0.25) is 5.02 Å². The number of nitrogens with one attached hydrogen (secondary N) is 2. The molecule has 0 saturated heterocycles. The molecular weight excluding hydrogens is 346 g/mol. The predicted molar refractivity (Wildman–Crippen MR) is 106 cm³/mol. The highest BCUT2D eigenvalue weighted by molar-refractivity contribution is 6.30. The average Bonchev–Trinajstić information content (AvgIpc) is 3.47. The molecule has 0 atom stereocenters. The number of benzene rings is 2. The van der Waals surface area contributed by atoms with E-state index in [0.717, 1.165) is 35.1 Å². The summed E-state index contributed by atoms with van der Waals surface area (Å²) in [6.07, 6.45) is 1.78. The van der Waals surface area contributed by atoms with Crippen molar-refractivity contribution in [3.05, 3.63) is 71.2 Å². The molecule has 2 aromatic carbocycles. The molecule has 1 aliphatic carbocycles. The maximum atomic E-state index is 12.6. The molecule has 4 nitrogen and oxygen atoms in total. The van der Waals surface area contributed by atoms with Gasteiger partial charge in [0.1, 0.15) is 5.82 Å². The zero-order valence-electron chi connectivity index (χ0n) is 14.3. The van der Waals surface area contributed by atoms with Gasteiger partial charge in [-0.1, -0.05) is 41.9 Å². The number of pyridine rings is 1. The van der Waals surface area contributed by atoms with Crippen LogP contribution in [0.1, 0.15) is 18.4 Å². The predicted octanol–water partition coefficient (Wildman–Crippen LogP) is 4.15. The third-order valence-electron chi connectivity index (χ3n) is 4.90. The van der Waals surface area contributed by atoms with Crippen LogP contribution in [-0.4, -0.2) is 24.0 Å². The molecule has 1 aromatic heterocycles. The first-order chi connectivity index (χ1) is 12.7. The summed E-state index contributed by atoms with van der Waals surface area (Å²) in [4.78, 5) is 17.2. The Morgan fingerprint density at radius 2 is 1.77 bits per heavy atom. The summed E-state index contributed by atoms with van der Waals surface area (Å²) in [6, 6.07) is 19.6. The molecule has 1 heterocycles. The van der Waals surface area contributed by atoms with Crippen molar-refractivity contribution in [2.24, 2.45) is 0 Å². The highest BCUT2D eigenvalue weighted by Gasteiger charge is 2.50. The van der Waals surface area contributed by atoms with E-state index >= 15 is 0 Å². The molecular formula is C21H20ClN3O. The number of para-hydroxylation sites is 1. The van der Waals surface area contributed by atoms with Crippen LogP contribution in [0.4, 0.5) is 5.82 Å². The molecule has 1 saturated carbocycles. The quantitative estimate of drug-likeness (QED) is 0.645. The number of halogens is 1. The fourth-order valence-electron chi connectivity index (χ4n) is 3.24. The highest BCUT2D eigenvalue weighted by atomic mass is 35.5. The summed E-state index contributed by atoms with van der Waals surface area (Å²) in [6.45, 7) is 1.19. The van der Waals surface area contributed by atoms with Gasteiger partial charge in [-0.2, -0.15) is 0 Å². The summed E-state index contributed by atoms with van der Waals surface area (Å²) in [5.41, 5.74) is 1.64. The summed E-state index contributed by atoms with van der Waals surface area (Å²) in [7, 11) is 0. The molecule has 0 radical (unpaired) electrons. The molecule has 2 N–H and O–H groups in total. The number of amides is 1. The lowest BCUT2D eigenvalue weighted by Gasteiger charge is -2.16. The number of carbonyl (C=O) groups is 1. The second kappa shape index (κ2) is 6.96. The van der Waals surface area contributed by atoms with Crippen molar-refractivity contribution in [3.63, 3.8) is 0 Å². The molecule has 132 valence electrons. The van der Waals surface area contributed by atoms with Crippen LogP contribution in [0.5, 0.6) is 0 Å². The second-order valence-electron chi connectivity index (χ2n) is 6.66. The second-order valence-corrected chi connectivity index (χ2v) is 7.10. The summed E-state index contributed by atoms with van der Waals surface area (Å²) >= 11 is 5.94. The summed E-state index contributed by atoms with van der Waals surface area (Å²) in [5.74, 6) is 0.907. The van der Waals surface area contributed by atoms with Crippen molar-refractivity contribution in [2.75, 3.05) is 18.4 Å². The van der Waals surface area contributed by atoms with Gasteiger partial charge in [-0.25, -0.2) is 4.98 Å². The minimum atomic E-state index is -0.369. The van der Waals surface area contributed by atoms with Gasteiger partial charge in [0.15, 0.2) is 0 Å². The minimum Gasteiger partial charge on any atom is -0.368 e. The summed E-state index contributed by atoms with van der Waals surface area (Å²) < 4.78 is 0. The zero-order chi connectivity index (χ0) is 18.0. The normalized spacial score (nSPS) is 14.8. The molecule has 0 bridgehead atoms. The Morgan fingerprint density at radius 3 is 2.54 bits per heavy atom. The molecule has 0 aliphatic heterocycles. The van der Waals surface area contributed by atoms with Crippen molar-refractivity contribution in [2.45, 2.75) is 18.3 Å². The van der Waals surface area contributed by atoms with Crippen molar-refractivity contribution < 1.29 is 4.79 Å². The van der Waals surface area contributed by atoms with Crippen molar-refractivity contribution in [3.8, 4) is 0 Å². The Kier molecular flexibility index (Phi) is 4.51. The first kappa shape index (κ1) is 16.9. The van der Waals surface area contributed by atoms with E-state index in [2.05, 4.69) is 15.6 Å². The van der Waals surface area contributed by atoms with Gasteiger partial charge >= 0.3 is 0 Å². The van der Waals surface area contributed by atoms with Gasteiger partial charge in [0.25, 0.3) is 0 Å². The maximum Gasteiger partial charge on any atom is 0.230 e. The number of fused-ring (bicyclic) bond motifs is 1. The Bertz CT molecular complexity index is 935. The Labute approximate surface area is 157 Å². The van der Waals surface area contributed by atoms with Crippen LogP contribution < -0.4 is 10.6 Å². The number of rotatable bonds is 6. The lowest BCUT2D eigenvalue weighted by molar-refractivity contribution is -0.123. The van der Waals surface area contributed by atoms with Gasteiger partial charge < -0.3 is 10.6 Å². The van der Waals surface area contributed by atoms with Gasteiger partial charge in [-0.15, -0.1) is 0 Å². The van der Waals surface area contributed by atoms with E-state index in [0.29, 0.717) is 18.1 Å². The zero-order valence-corrected chi connectivity index (χ0v) is 15.1. The Morgan fingerprint density at radius 1 is 1.00 bits per heavy atom. The first-order valence-corrected chi connectivity index (χ1v) is 9.19. The van der Waals surface area contributed by atoms with E-state index in [1.165, 1.54) is 0 Å². The lowest BCUT2D eigenvalue weighted by Crippen LogP contribution is -2.37. The molecule has 5 heteroatoms. The molecule has 4 rings (SSSR count). The fourth-order valence-corrected chi connectivity index (χ4v) is 3.37. The molecule has 1 aliphatic rings. The number of anilines is 1. The first-order valence-electron chi connectivity index (χ1n) is 8.81. The summed E-state index contributed by atoms with van der Waals surface area (Å²) in [5, 5.41) is 8.12. The number of hydrogen-bond donors (Lipinski definition) is 2. The van der Waals surface area contributed by atoms with Crippen LogP contribution in [0, 0.1) is 0 Å². The third kappa shape index (κ3) is 3.37. The van der Waals surface area contributed by atoms with Crippen molar-refractivity contribution >= 4 is 34.2 Å². The van der Waals surface area contributed by atoms with Crippen molar-refractivity contribution in [1.82, 2.24) is 10.3 Å². The lowest BCUT2D eigenvalue weighted by atomic mass is 9.95. The van der Waals surface area contributed by atoms with Gasteiger partial charge in [0, 0.05) is 23.5 Å². The standard InChI is InChI=1S/C21H20ClN3O/c22-17-8-6-16(7-9-17)21(11-12-21)20(26)24-14-13-23-19-10-5-15-3-1-2-4-18(15)25-19/h1-10H,11-14H2,(H,23,25)(H,24,26). The smallest absolute Gasteiger partial charge is 0.230 e. The van der Waals surface area contributed by atoms with E-state index in [4.69, 9.17) is 11.6 Å². The molecule has 26 heavy (non-hydrogen) atoms. The number of aromatic nitrogens is 1. The Balaban J connectivity index is 1.31. The van der Waals surface area contributed by atoms with Crippen LogP contribution in [0.3, 0.4) is 0 Å². The topological polar surface area (TPSA) is 54.0 Å². The van der Waals surface area contributed by atoms with E-state index in [1.54, 1.807) is 0 Å². The average molecular weight is 366 g/mol. The monoisotopic (exact) mass is 365 g/mol. The van der Waals surface area contributed by atoms with Gasteiger partial charge in [-0.3, -0.25) is 4.79 Å². The number of hydrogen-bond acceptors (Lipinski definition) is 3. The molecule has 0 unspecified atom stereocenters. The third-order valence-corrected chi connectivity index (χ3v) is 5.15. The van der Waals surface area contributed by atoms with E-state index in [9.17, 15) is 4.79 Å². The van der Waals surface area contributed by atoms with Gasteiger partial charge in [0.05, 0.1) is 10.9 Å². The fraction of sp³-hybridized carbons (Fsp3) is 0.238. The molecule has 0 spiro atoms. The SMILES string of the molecule is O=C(NCCNc1ccc2ccccc2n1)C1(c2ccc(Cl)cc2)CC1. The van der Waals surface area contributed by atoms with Gasteiger partial charge in [0.2, 0.25) is 5.91 Å². The molecule has 3 aromatic rings. The highest BCUT2D eigenvalue weighted by Crippen LogP contribution is 2.48. The number of nitrogens with zero attached hydrogens (tertiary/aromatic N) is 1. The number of carbonyl (C=O) groups excluding carboxylic acids is 1. The molecule has 1 amide bonds.